The lowest BCUT2D eigenvalue weighted by Crippen LogP contribution is -2.14. The summed E-state index contributed by atoms with van der Waals surface area (Å²) in [6, 6.07) is 6.14. The molecule has 0 aliphatic rings. The molecular formula is C16H27NO2. The Labute approximate surface area is 117 Å². The van der Waals surface area contributed by atoms with E-state index in [4.69, 9.17) is 9.47 Å². The van der Waals surface area contributed by atoms with Crippen molar-refractivity contribution in [1.82, 2.24) is 5.32 Å². The van der Waals surface area contributed by atoms with Crippen LogP contribution in [0.5, 0.6) is 11.5 Å². The zero-order valence-electron chi connectivity index (χ0n) is 12.7. The maximum Gasteiger partial charge on any atom is 0.161 e. The molecule has 0 saturated carbocycles. The quantitative estimate of drug-likeness (QED) is 0.692. The lowest BCUT2D eigenvalue weighted by molar-refractivity contribution is 0.244. The summed E-state index contributed by atoms with van der Waals surface area (Å²) in [6.45, 7) is 9.18. The van der Waals surface area contributed by atoms with E-state index in [2.05, 4.69) is 38.2 Å². The van der Waals surface area contributed by atoms with Crippen LogP contribution in [0.25, 0.3) is 0 Å². The van der Waals surface area contributed by atoms with Crippen LogP contribution in [0, 0.1) is 5.92 Å². The molecule has 0 amide bonds. The number of nitrogens with one attached hydrogen (secondary N) is 1. The zero-order chi connectivity index (χ0) is 14.1. The monoisotopic (exact) mass is 265 g/mol. The summed E-state index contributed by atoms with van der Waals surface area (Å²) in [5, 5.41) is 3.40. The van der Waals surface area contributed by atoms with Crippen LogP contribution >= 0.6 is 0 Å². The SMILES string of the molecule is CCCNCc1ccc(OC)c(OCC(C)CC)c1. The molecule has 1 unspecified atom stereocenters. The normalized spacial score (nSPS) is 12.2. The van der Waals surface area contributed by atoms with Gasteiger partial charge >= 0.3 is 0 Å². The van der Waals surface area contributed by atoms with E-state index in [1.54, 1.807) is 7.11 Å². The first-order valence-corrected chi connectivity index (χ1v) is 7.21. The van der Waals surface area contributed by atoms with Gasteiger partial charge in [-0.2, -0.15) is 0 Å². The molecule has 0 radical (unpaired) electrons. The standard InChI is InChI=1S/C16H27NO2/c1-5-9-17-11-14-7-8-15(18-4)16(10-14)19-12-13(3)6-2/h7-8,10,13,17H,5-6,9,11-12H2,1-4H3. The lowest BCUT2D eigenvalue weighted by Gasteiger charge is -2.15. The first-order valence-electron chi connectivity index (χ1n) is 7.21. The summed E-state index contributed by atoms with van der Waals surface area (Å²) in [5.74, 6) is 2.22. The molecule has 0 aliphatic heterocycles. The van der Waals surface area contributed by atoms with Crippen LogP contribution in [0.2, 0.25) is 0 Å². The molecule has 0 bridgehead atoms. The first kappa shape index (κ1) is 15.8. The number of hydrogen-bond acceptors (Lipinski definition) is 3. The molecule has 0 fully saturated rings. The van der Waals surface area contributed by atoms with Gasteiger partial charge in [0.05, 0.1) is 13.7 Å². The van der Waals surface area contributed by atoms with Crippen molar-refractivity contribution in [3.05, 3.63) is 23.8 Å². The second-order valence-electron chi connectivity index (χ2n) is 4.99. The van der Waals surface area contributed by atoms with Crippen LogP contribution in [-0.2, 0) is 6.54 Å². The number of hydrogen-bond donors (Lipinski definition) is 1. The lowest BCUT2D eigenvalue weighted by atomic mass is 10.1. The highest BCUT2D eigenvalue weighted by atomic mass is 16.5. The van der Waals surface area contributed by atoms with Gasteiger partial charge in [0.15, 0.2) is 11.5 Å². The largest absolute Gasteiger partial charge is 0.493 e. The van der Waals surface area contributed by atoms with E-state index in [0.29, 0.717) is 5.92 Å². The Kier molecular flexibility index (Phi) is 7.34. The summed E-state index contributed by atoms with van der Waals surface area (Å²) in [6.07, 6.45) is 2.27. The molecular weight excluding hydrogens is 238 g/mol. The fourth-order valence-electron chi connectivity index (χ4n) is 1.70. The van der Waals surface area contributed by atoms with E-state index in [0.717, 1.165) is 44.0 Å². The fraction of sp³-hybridized carbons (Fsp3) is 0.625. The van der Waals surface area contributed by atoms with Gasteiger partial charge in [0.2, 0.25) is 0 Å². The second kappa shape index (κ2) is 8.81. The highest BCUT2D eigenvalue weighted by Crippen LogP contribution is 2.28. The Morgan fingerprint density at radius 2 is 2.00 bits per heavy atom. The van der Waals surface area contributed by atoms with Crippen LogP contribution in [-0.4, -0.2) is 20.3 Å². The van der Waals surface area contributed by atoms with Gasteiger partial charge in [0.25, 0.3) is 0 Å². The van der Waals surface area contributed by atoms with E-state index in [-0.39, 0.29) is 0 Å². The number of ether oxygens (including phenoxy) is 2. The first-order chi connectivity index (χ1) is 9.21. The number of rotatable bonds is 9. The molecule has 1 aromatic rings. The van der Waals surface area contributed by atoms with Crippen molar-refractivity contribution in [2.45, 2.75) is 40.2 Å². The predicted octanol–water partition coefficient (Wildman–Crippen LogP) is 3.62. The highest BCUT2D eigenvalue weighted by Gasteiger charge is 2.07. The smallest absolute Gasteiger partial charge is 0.161 e. The van der Waals surface area contributed by atoms with Crippen molar-refractivity contribution in [2.75, 3.05) is 20.3 Å². The van der Waals surface area contributed by atoms with Crippen LogP contribution in [0.4, 0.5) is 0 Å². The molecule has 0 spiro atoms. The van der Waals surface area contributed by atoms with Gasteiger partial charge in [-0.1, -0.05) is 33.3 Å². The highest BCUT2D eigenvalue weighted by molar-refractivity contribution is 5.42. The molecule has 0 aromatic heterocycles. The van der Waals surface area contributed by atoms with Crippen LogP contribution < -0.4 is 14.8 Å². The molecule has 0 heterocycles. The van der Waals surface area contributed by atoms with Gasteiger partial charge in [0.1, 0.15) is 0 Å². The van der Waals surface area contributed by atoms with E-state index in [1.165, 1.54) is 5.56 Å². The van der Waals surface area contributed by atoms with Crippen molar-refractivity contribution in [3.8, 4) is 11.5 Å². The summed E-state index contributed by atoms with van der Waals surface area (Å²) in [4.78, 5) is 0. The molecule has 108 valence electrons. The van der Waals surface area contributed by atoms with Crippen LogP contribution in [0.15, 0.2) is 18.2 Å². The van der Waals surface area contributed by atoms with Gasteiger partial charge in [-0.25, -0.2) is 0 Å². The van der Waals surface area contributed by atoms with Crippen molar-refractivity contribution in [2.24, 2.45) is 5.92 Å². The Bertz CT molecular complexity index is 366. The zero-order valence-corrected chi connectivity index (χ0v) is 12.7. The Hall–Kier alpha value is -1.22. The molecule has 1 rings (SSSR count). The third-order valence-corrected chi connectivity index (χ3v) is 3.20. The average Bonchev–Trinajstić information content (AvgIpc) is 2.45. The summed E-state index contributed by atoms with van der Waals surface area (Å²) in [7, 11) is 1.68. The van der Waals surface area contributed by atoms with E-state index >= 15 is 0 Å². The molecule has 1 atom stereocenters. The molecule has 1 N–H and O–H groups in total. The van der Waals surface area contributed by atoms with Crippen molar-refractivity contribution in [1.29, 1.82) is 0 Å². The predicted molar refractivity (Wildman–Crippen MR) is 79.9 cm³/mol. The summed E-state index contributed by atoms with van der Waals surface area (Å²) in [5.41, 5.74) is 1.23. The molecule has 3 nitrogen and oxygen atoms in total. The molecule has 19 heavy (non-hydrogen) atoms. The Morgan fingerprint density at radius 1 is 1.21 bits per heavy atom. The van der Waals surface area contributed by atoms with E-state index < -0.39 is 0 Å². The minimum atomic E-state index is 0.562. The minimum absolute atomic E-state index is 0.562. The molecule has 0 saturated heterocycles. The van der Waals surface area contributed by atoms with Crippen molar-refractivity contribution in [3.63, 3.8) is 0 Å². The second-order valence-corrected chi connectivity index (χ2v) is 4.99. The van der Waals surface area contributed by atoms with Gasteiger partial charge < -0.3 is 14.8 Å². The third-order valence-electron chi connectivity index (χ3n) is 3.20. The van der Waals surface area contributed by atoms with Crippen molar-refractivity contribution >= 4 is 0 Å². The van der Waals surface area contributed by atoms with Gasteiger partial charge in [0, 0.05) is 6.54 Å². The third kappa shape index (κ3) is 5.52. The number of benzene rings is 1. The van der Waals surface area contributed by atoms with Crippen LogP contribution in [0.1, 0.15) is 39.2 Å². The Morgan fingerprint density at radius 3 is 2.63 bits per heavy atom. The number of methoxy groups -OCH3 is 1. The fourth-order valence-corrected chi connectivity index (χ4v) is 1.70. The molecule has 1 aromatic carbocycles. The van der Waals surface area contributed by atoms with Gasteiger partial charge in [-0.3, -0.25) is 0 Å². The van der Waals surface area contributed by atoms with Gasteiger partial charge in [-0.15, -0.1) is 0 Å². The van der Waals surface area contributed by atoms with E-state index in [9.17, 15) is 0 Å². The molecule has 3 heteroatoms. The molecule has 0 aliphatic carbocycles. The average molecular weight is 265 g/mol. The minimum Gasteiger partial charge on any atom is -0.493 e. The summed E-state index contributed by atoms with van der Waals surface area (Å²) >= 11 is 0. The van der Waals surface area contributed by atoms with Gasteiger partial charge in [-0.05, 0) is 36.6 Å². The van der Waals surface area contributed by atoms with Crippen LogP contribution in [0.3, 0.4) is 0 Å². The topological polar surface area (TPSA) is 30.5 Å². The van der Waals surface area contributed by atoms with Crippen molar-refractivity contribution < 1.29 is 9.47 Å². The maximum atomic E-state index is 5.87. The Balaban J connectivity index is 2.66. The van der Waals surface area contributed by atoms with E-state index in [1.807, 2.05) is 6.07 Å². The maximum absolute atomic E-state index is 5.87. The summed E-state index contributed by atoms with van der Waals surface area (Å²) < 4.78 is 11.2.